The van der Waals surface area contributed by atoms with Gasteiger partial charge in [0.1, 0.15) is 0 Å². The molecule has 1 heterocycles. The summed E-state index contributed by atoms with van der Waals surface area (Å²) in [5.41, 5.74) is 0. The fraction of sp³-hybridized carbons (Fsp3) is 1.00. The van der Waals surface area contributed by atoms with Crippen LogP contribution in [0.2, 0.25) is 0 Å². The van der Waals surface area contributed by atoms with Crippen molar-refractivity contribution >= 4 is 12.2 Å². The SMILES string of the molecule is OSN1CCCC1. The van der Waals surface area contributed by atoms with Crippen LogP contribution in [0, 0.1) is 0 Å². The lowest BCUT2D eigenvalue weighted by Gasteiger charge is -2.04. The molecule has 0 bridgehead atoms. The number of nitrogens with zero attached hydrogens (tertiary/aromatic N) is 1. The van der Waals surface area contributed by atoms with Crippen molar-refractivity contribution in [3.8, 4) is 0 Å². The molecule has 1 fully saturated rings. The topological polar surface area (TPSA) is 23.5 Å². The van der Waals surface area contributed by atoms with Gasteiger partial charge in [-0.1, -0.05) is 0 Å². The molecule has 1 saturated heterocycles. The van der Waals surface area contributed by atoms with Gasteiger partial charge in [-0.05, 0) is 12.8 Å². The Morgan fingerprint density at radius 1 is 1.29 bits per heavy atom. The van der Waals surface area contributed by atoms with Gasteiger partial charge in [-0.2, -0.15) is 0 Å². The van der Waals surface area contributed by atoms with Crippen molar-refractivity contribution in [2.75, 3.05) is 13.1 Å². The Labute approximate surface area is 47.8 Å². The van der Waals surface area contributed by atoms with Gasteiger partial charge in [-0.15, -0.1) is 0 Å². The summed E-state index contributed by atoms with van der Waals surface area (Å²) in [7, 11) is 0. The van der Waals surface area contributed by atoms with E-state index in [2.05, 4.69) is 0 Å². The fourth-order valence-electron chi connectivity index (χ4n) is 0.770. The minimum atomic E-state index is 0.866. The zero-order valence-electron chi connectivity index (χ0n) is 4.13. The lowest BCUT2D eigenvalue weighted by molar-refractivity contribution is 0.521. The van der Waals surface area contributed by atoms with Crippen LogP contribution in [-0.4, -0.2) is 21.9 Å². The van der Waals surface area contributed by atoms with E-state index in [0.29, 0.717) is 0 Å². The summed E-state index contributed by atoms with van der Waals surface area (Å²) in [5.74, 6) is 0. The van der Waals surface area contributed by atoms with Gasteiger partial charge in [0.05, 0.1) is 12.2 Å². The highest BCUT2D eigenvalue weighted by atomic mass is 32.2. The molecule has 0 aromatic rings. The van der Waals surface area contributed by atoms with Gasteiger partial charge in [-0.3, -0.25) is 0 Å². The molecule has 0 spiro atoms. The van der Waals surface area contributed by atoms with Crippen LogP contribution in [0.15, 0.2) is 0 Å². The zero-order chi connectivity index (χ0) is 5.11. The van der Waals surface area contributed by atoms with E-state index < -0.39 is 0 Å². The Kier molecular flexibility index (Phi) is 1.97. The van der Waals surface area contributed by atoms with Gasteiger partial charge in [0, 0.05) is 13.1 Å². The highest BCUT2D eigenvalue weighted by Gasteiger charge is 2.09. The Bertz CT molecular complexity index is 53.7. The summed E-state index contributed by atoms with van der Waals surface area (Å²) in [5, 5.41) is 0. The van der Waals surface area contributed by atoms with Crippen LogP contribution in [0.5, 0.6) is 0 Å². The average Bonchev–Trinajstić information content (AvgIpc) is 2.14. The first kappa shape index (κ1) is 5.41. The molecule has 1 aliphatic rings. The Morgan fingerprint density at radius 2 is 1.86 bits per heavy atom. The van der Waals surface area contributed by atoms with E-state index >= 15 is 0 Å². The van der Waals surface area contributed by atoms with E-state index in [9.17, 15) is 0 Å². The zero-order valence-corrected chi connectivity index (χ0v) is 4.95. The van der Waals surface area contributed by atoms with E-state index in [1.807, 2.05) is 4.31 Å². The van der Waals surface area contributed by atoms with Gasteiger partial charge in [-0.25, -0.2) is 4.31 Å². The maximum Gasteiger partial charge on any atom is 0.0790 e. The van der Waals surface area contributed by atoms with Crippen LogP contribution in [0.25, 0.3) is 0 Å². The Morgan fingerprint density at radius 3 is 2.14 bits per heavy atom. The fourth-order valence-corrected chi connectivity index (χ4v) is 1.19. The van der Waals surface area contributed by atoms with E-state index in [0.717, 1.165) is 25.3 Å². The van der Waals surface area contributed by atoms with E-state index in [4.69, 9.17) is 4.55 Å². The molecule has 2 nitrogen and oxygen atoms in total. The number of rotatable bonds is 1. The normalized spacial score (nSPS) is 23.6. The van der Waals surface area contributed by atoms with Crippen molar-refractivity contribution in [1.29, 1.82) is 0 Å². The molecule has 1 N–H and O–H groups in total. The van der Waals surface area contributed by atoms with Gasteiger partial charge in [0.15, 0.2) is 0 Å². The maximum absolute atomic E-state index is 8.41. The predicted molar refractivity (Wildman–Crippen MR) is 31.0 cm³/mol. The minimum absolute atomic E-state index is 0.866. The van der Waals surface area contributed by atoms with Crippen LogP contribution in [0.3, 0.4) is 0 Å². The van der Waals surface area contributed by atoms with Crippen molar-refractivity contribution in [3.05, 3.63) is 0 Å². The molecule has 42 valence electrons. The van der Waals surface area contributed by atoms with Gasteiger partial charge >= 0.3 is 0 Å². The van der Waals surface area contributed by atoms with Crippen LogP contribution in [-0.2, 0) is 0 Å². The second kappa shape index (κ2) is 2.55. The van der Waals surface area contributed by atoms with Gasteiger partial charge < -0.3 is 4.55 Å². The lowest BCUT2D eigenvalue weighted by atomic mass is 10.4. The van der Waals surface area contributed by atoms with Crippen molar-refractivity contribution in [3.63, 3.8) is 0 Å². The van der Waals surface area contributed by atoms with E-state index in [1.165, 1.54) is 12.8 Å². The largest absolute Gasteiger partial charge is 0.317 e. The summed E-state index contributed by atoms with van der Waals surface area (Å²) >= 11 is 0.866. The van der Waals surface area contributed by atoms with E-state index in [-0.39, 0.29) is 0 Å². The van der Waals surface area contributed by atoms with Crippen molar-refractivity contribution < 1.29 is 4.55 Å². The summed E-state index contributed by atoms with van der Waals surface area (Å²) in [6.45, 7) is 2.11. The molecule has 0 saturated carbocycles. The Hall–Kier alpha value is 0.270. The summed E-state index contributed by atoms with van der Waals surface area (Å²) in [4.78, 5) is 0. The third-order valence-corrected chi connectivity index (χ3v) is 1.78. The molecule has 1 aliphatic heterocycles. The first-order valence-electron chi connectivity index (χ1n) is 2.50. The molecule has 0 aliphatic carbocycles. The standard InChI is InChI=1S/C4H9NOS/c6-7-5-3-1-2-4-5/h6H,1-4H2. The molecule has 0 radical (unpaired) electrons. The van der Waals surface area contributed by atoms with Crippen LogP contribution in [0.4, 0.5) is 0 Å². The smallest absolute Gasteiger partial charge is 0.0790 e. The minimum Gasteiger partial charge on any atom is -0.317 e. The molecule has 0 unspecified atom stereocenters. The summed E-state index contributed by atoms with van der Waals surface area (Å²) < 4.78 is 10.4. The molecular formula is C4H9NOS. The van der Waals surface area contributed by atoms with Gasteiger partial charge in [0.2, 0.25) is 0 Å². The second-order valence-corrected chi connectivity index (χ2v) is 2.40. The molecule has 0 aromatic carbocycles. The summed E-state index contributed by atoms with van der Waals surface area (Å²) in [6.07, 6.45) is 2.49. The molecule has 3 heteroatoms. The third-order valence-electron chi connectivity index (χ3n) is 1.18. The monoisotopic (exact) mass is 119 g/mol. The first-order valence-corrected chi connectivity index (χ1v) is 3.23. The molecule has 0 atom stereocenters. The van der Waals surface area contributed by atoms with Crippen LogP contribution < -0.4 is 0 Å². The van der Waals surface area contributed by atoms with Crippen LogP contribution >= 0.6 is 12.2 Å². The van der Waals surface area contributed by atoms with Crippen molar-refractivity contribution in [2.45, 2.75) is 12.8 Å². The lowest BCUT2D eigenvalue weighted by Crippen LogP contribution is -2.07. The highest BCUT2D eigenvalue weighted by Crippen LogP contribution is 2.13. The van der Waals surface area contributed by atoms with Gasteiger partial charge in [0.25, 0.3) is 0 Å². The molecule has 0 amide bonds. The van der Waals surface area contributed by atoms with Crippen molar-refractivity contribution in [2.24, 2.45) is 0 Å². The van der Waals surface area contributed by atoms with E-state index in [1.54, 1.807) is 0 Å². The molecule has 1 rings (SSSR count). The maximum atomic E-state index is 8.41. The molecule has 0 aromatic heterocycles. The first-order chi connectivity index (χ1) is 3.43. The summed E-state index contributed by atoms with van der Waals surface area (Å²) in [6, 6.07) is 0. The number of hydrogen-bond donors (Lipinski definition) is 1. The Balaban J connectivity index is 2.14. The van der Waals surface area contributed by atoms with Crippen molar-refractivity contribution in [1.82, 2.24) is 4.31 Å². The van der Waals surface area contributed by atoms with Crippen LogP contribution in [0.1, 0.15) is 12.8 Å². The highest BCUT2D eigenvalue weighted by molar-refractivity contribution is 7.91. The molecular weight excluding hydrogens is 110 g/mol. The predicted octanol–water partition coefficient (Wildman–Crippen LogP) is 1.20. The quantitative estimate of drug-likeness (QED) is 0.414. The third kappa shape index (κ3) is 1.33. The second-order valence-electron chi connectivity index (χ2n) is 1.72. The average molecular weight is 119 g/mol. The number of hydrogen-bond acceptors (Lipinski definition) is 3. The molecule has 7 heavy (non-hydrogen) atoms.